The average Bonchev–Trinajstić information content (AvgIpc) is 3.48. The minimum atomic E-state index is -0.580. The predicted octanol–water partition coefficient (Wildman–Crippen LogP) is 3.92. The fraction of sp³-hybridized carbons (Fsp3) is 0.240. The number of aliphatic hydroxyl groups excluding tert-OH is 1. The number of ether oxygens (including phenoxy) is 1. The number of hydrogen-bond donors (Lipinski definition) is 2. The van der Waals surface area contributed by atoms with Crippen molar-refractivity contribution in [3.05, 3.63) is 88.8 Å². The topological polar surface area (TPSA) is 103 Å². The summed E-state index contributed by atoms with van der Waals surface area (Å²) in [7, 11) is 0. The summed E-state index contributed by atoms with van der Waals surface area (Å²) in [5.74, 6) is 0.198. The molecule has 0 radical (unpaired) electrons. The highest BCUT2D eigenvalue weighted by molar-refractivity contribution is 7.10. The minimum Gasteiger partial charge on any atom is -0.494 e. The first-order valence-electron chi connectivity index (χ1n) is 10.8. The molecule has 3 N–H and O–H groups in total. The van der Waals surface area contributed by atoms with Crippen LogP contribution in [0.3, 0.4) is 0 Å². The Labute approximate surface area is 196 Å². The molecule has 0 aliphatic heterocycles. The van der Waals surface area contributed by atoms with E-state index >= 15 is 0 Å². The minimum absolute atomic E-state index is 0.192. The molecular weight excluding hydrogens is 436 g/mol. The van der Waals surface area contributed by atoms with Crippen molar-refractivity contribution in [2.75, 3.05) is 6.61 Å². The fourth-order valence-electron chi connectivity index (χ4n) is 3.47. The maximum atomic E-state index is 11.1. The number of benzene rings is 2. The summed E-state index contributed by atoms with van der Waals surface area (Å²) >= 11 is 1.66. The van der Waals surface area contributed by atoms with Gasteiger partial charge in [0.2, 0.25) is 0 Å². The third kappa shape index (κ3) is 6.50. The summed E-state index contributed by atoms with van der Waals surface area (Å²) in [6.45, 7) is 0.845. The zero-order valence-corrected chi connectivity index (χ0v) is 18.9. The van der Waals surface area contributed by atoms with Gasteiger partial charge in [-0.3, -0.25) is 4.79 Å². The van der Waals surface area contributed by atoms with Gasteiger partial charge in [0.1, 0.15) is 11.4 Å². The second-order valence-electron chi connectivity index (χ2n) is 7.78. The Balaban J connectivity index is 1.25. The van der Waals surface area contributed by atoms with Crippen LogP contribution in [0.25, 0.3) is 11.3 Å². The van der Waals surface area contributed by atoms with Gasteiger partial charge < -0.3 is 20.1 Å². The lowest BCUT2D eigenvalue weighted by molar-refractivity contribution is 0.0995. The number of nitrogens with two attached hydrogens (primary N) is 1. The van der Waals surface area contributed by atoms with E-state index in [0.29, 0.717) is 26.0 Å². The molecule has 2 heterocycles. The highest BCUT2D eigenvalue weighted by Gasteiger charge is 2.10. The first kappa shape index (κ1) is 22.7. The number of carbonyl (C=O) groups is 1. The van der Waals surface area contributed by atoms with Crippen molar-refractivity contribution in [2.45, 2.75) is 31.9 Å². The quantitative estimate of drug-likeness (QED) is 0.329. The molecule has 0 bridgehead atoms. The zero-order chi connectivity index (χ0) is 23.0. The van der Waals surface area contributed by atoms with Crippen molar-refractivity contribution in [1.82, 2.24) is 14.5 Å². The predicted molar refractivity (Wildman–Crippen MR) is 128 cm³/mol. The van der Waals surface area contributed by atoms with Gasteiger partial charge in [0.25, 0.3) is 5.91 Å². The van der Waals surface area contributed by atoms with E-state index in [4.69, 9.17) is 15.5 Å². The van der Waals surface area contributed by atoms with Crippen LogP contribution in [-0.4, -0.2) is 38.3 Å². The molecule has 0 saturated heterocycles. The van der Waals surface area contributed by atoms with Gasteiger partial charge in [0, 0.05) is 30.1 Å². The normalized spacial score (nSPS) is 11.9. The van der Waals surface area contributed by atoms with E-state index in [1.807, 2.05) is 42.5 Å². The summed E-state index contributed by atoms with van der Waals surface area (Å²) in [4.78, 5) is 19.8. The van der Waals surface area contributed by atoms with Gasteiger partial charge in [-0.2, -0.15) is 0 Å². The van der Waals surface area contributed by atoms with Crippen molar-refractivity contribution >= 4 is 17.2 Å². The summed E-state index contributed by atoms with van der Waals surface area (Å²) in [6.07, 6.45) is 4.56. The molecule has 0 saturated carbocycles. The lowest BCUT2D eigenvalue weighted by atomic mass is 10.1. The van der Waals surface area contributed by atoms with Crippen LogP contribution in [0.1, 0.15) is 33.9 Å². The van der Waals surface area contributed by atoms with Crippen LogP contribution >= 0.6 is 11.3 Å². The lowest BCUT2D eigenvalue weighted by Crippen LogP contribution is -2.16. The van der Waals surface area contributed by atoms with Crippen LogP contribution in [0.4, 0.5) is 0 Å². The monoisotopic (exact) mass is 462 g/mol. The number of nitrogens with zero attached hydrogens (tertiary/aromatic N) is 3. The Hall–Kier alpha value is -3.49. The molecule has 2 aromatic carbocycles. The standard InChI is InChI=1S/C25H26N4O3S/c26-25(31)22-15-29(17-27-22)14-20(30)9-5-11-32-21-10-4-8-19(13-21)23-16-33-24(28-23)12-18-6-2-1-3-7-18/h1-4,6-8,10,13,15-17,20,30H,5,9,11-12,14H2,(H2,26,31). The van der Waals surface area contributed by atoms with Gasteiger partial charge in [-0.15, -0.1) is 11.3 Å². The van der Waals surface area contributed by atoms with Crippen molar-refractivity contribution in [3.8, 4) is 17.0 Å². The Morgan fingerprint density at radius 3 is 2.82 bits per heavy atom. The third-order valence-electron chi connectivity index (χ3n) is 5.14. The van der Waals surface area contributed by atoms with Crippen LogP contribution in [-0.2, 0) is 13.0 Å². The number of carbonyl (C=O) groups excluding carboxylic acids is 1. The Morgan fingerprint density at radius 2 is 2.03 bits per heavy atom. The van der Waals surface area contributed by atoms with Gasteiger partial charge >= 0.3 is 0 Å². The third-order valence-corrected chi connectivity index (χ3v) is 5.99. The summed E-state index contributed by atoms with van der Waals surface area (Å²) in [5, 5.41) is 13.4. The molecule has 7 nitrogen and oxygen atoms in total. The molecule has 0 spiro atoms. The van der Waals surface area contributed by atoms with Crippen molar-refractivity contribution in [1.29, 1.82) is 0 Å². The second kappa shape index (κ2) is 10.9. The van der Waals surface area contributed by atoms with Gasteiger partial charge in [-0.05, 0) is 30.5 Å². The SMILES string of the molecule is NC(=O)c1cn(CC(O)CCCOc2cccc(-c3csc(Cc4ccccc4)n3)c2)cn1. The van der Waals surface area contributed by atoms with Gasteiger partial charge in [-0.1, -0.05) is 42.5 Å². The number of imidazole rings is 1. The first-order chi connectivity index (χ1) is 16.1. The molecule has 0 aliphatic rings. The average molecular weight is 463 g/mol. The van der Waals surface area contributed by atoms with E-state index in [1.54, 1.807) is 15.9 Å². The highest BCUT2D eigenvalue weighted by Crippen LogP contribution is 2.26. The lowest BCUT2D eigenvalue weighted by Gasteiger charge is -2.12. The fourth-order valence-corrected chi connectivity index (χ4v) is 4.31. The Morgan fingerprint density at radius 1 is 1.18 bits per heavy atom. The van der Waals surface area contributed by atoms with Crippen LogP contribution in [0, 0.1) is 0 Å². The smallest absolute Gasteiger partial charge is 0.268 e. The van der Waals surface area contributed by atoms with E-state index in [2.05, 4.69) is 22.5 Å². The van der Waals surface area contributed by atoms with Crippen molar-refractivity contribution in [3.63, 3.8) is 0 Å². The first-order valence-corrected chi connectivity index (χ1v) is 11.7. The number of primary amides is 1. The molecule has 2 aromatic heterocycles. The zero-order valence-electron chi connectivity index (χ0n) is 18.1. The summed E-state index contributed by atoms with van der Waals surface area (Å²) in [6, 6.07) is 18.2. The van der Waals surface area contributed by atoms with Crippen LogP contribution in [0.2, 0.25) is 0 Å². The van der Waals surface area contributed by atoms with E-state index in [0.717, 1.165) is 28.4 Å². The molecule has 0 aliphatic carbocycles. The Kier molecular flexibility index (Phi) is 7.49. The number of hydrogen-bond acceptors (Lipinski definition) is 6. The number of amides is 1. The Bertz CT molecular complexity index is 1190. The maximum absolute atomic E-state index is 11.1. The highest BCUT2D eigenvalue weighted by atomic mass is 32.1. The van der Waals surface area contributed by atoms with Crippen LogP contribution in [0.15, 0.2) is 72.5 Å². The summed E-state index contributed by atoms with van der Waals surface area (Å²) in [5.41, 5.74) is 8.60. The van der Waals surface area contributed by atoms with Gasteiger partial charge in [0.15, 0.2) is 0 Å². The number of aliphatic hydroxyl groups is 1. The summed E-state index contributed by atoms with van der Waals surface area (Å²) < 4.78 is 7.55. The molecule has 4 rings (SSSR count). The van der Waals surface area contributed by atoms with Gasteiger partial charge in [-0.25, -0.2) is 9.97 Å². The van der Waals surface area contributed by atoms with Crippen LogP contribution in [0.5, 0.6) is 5.75 Å². The maximum Gasteiger partial charge on any atom is 0.268 e. The number of aromatic nitrogens is 3. The van der Waals surface area contributed by atoms with Crippen LogP contribution < -0.4 is 10.5 Å². The molecular formula is C25H26N4O3S. The van der Waals surface area contributed by atoms with Crippen molar-refractivity contribution < 1.29 is 14.6 Å². The number of thiazole rings is 1. The van der Waals surface area contributed by atoms with Gasteiger partial charge in [0.05, 0.1) is 29.7 Å². The molecule has 8 heteroatoms. The molecule has 1 unspecified atom stereocenters. The van der Waals surface area contributed by atoms with E-state index in [-0.39, 0.29) is 5.69 Å². The largest absolute Gasteiger partial charge is 0.494 e. The number of rotatable bonds is 11. The second-order valence-corrected chi connectivity index (χ2v) is 8.72. The molecule has 1 amide bonds. The van der Waals surface area contributed by atoms with E-state index in [9.17, 15) is 9.90 Å². The molecule has 1 atom stereocenters. The van der Waals surface area contributed by atoms with E-state index < -0.39 is 12.0 Å². The molecule has 4 aromatic rings. The molecule has 170 valence electrons. The van der Waals surface area contributed by atoms with E-state index in [1.165, 1.54) is 18.1 Å². The molecule has 0 fully saturated rings. The molecule has 33 heavy (non-hydrogen) atoms. The van der Waals surface area contributed by atoms with Crippen molar-refractivity contribution in [2.24, 2.45) is 5.73 Å².